The summed E-state index contributed by atoms with van der Waals surface area (Å²) >= 11 is 0. The first-order chi connectivity index (χ1) is 10.0. The standard InChI is InChI=1S/C17H27NO3/c1-13-7-14(2)9-16(8-13)21-11-15(20)10-18-17(12-19)5-3-4-6-17/h7-9,15,18-20H,3-6,10-12H2,1-2H3. The van der Waals surface area contributed by atoms with E-state index in [4.69, 9.17) is 4.74 Å². The molecule has 1 saturated carbocycles. The van der Waals surface area contributed by atoms with E-state index in [0.29, 0.717) is 6.54 Å². The Labute approximate surface area is 127 Å². The Morgan fingerprint density at radius 1 is 1.19 bits per heavy atom. The molecule has 0 spiro atoms. The summed E-state index contributed by atoms with van der Waals surface area (Å²) in [5, 5.41) is 22.9. The molecule has 4 heteroatoms. The van der Waals surface area contributed by atoms with Crippen LogP contribution in [0.5, 0.6) is 5.75 Å². The van der Waals surface area contributed by atoms with Crippen LogP contribution in [0.2, 0.25) is 0 Å². The molecule has 2 rings (SSSR count). The molecule has 1 unspecified atom stereocenters. The number of aryl methyl sites for hydroxylation is 2. The average molecular weight is 293 g/mol. The number of benzene rings is 1. The number of β-amino-alcohol motifs (C(OH)–C–C–N with tert-alkyl or cyclic N) is 1. The van der Waals surface area contributed by atoms with Gasteiger partial charge >= 0.3 is 0 Å². The molecule has 1 aromatic rings. The summed E-state index contributed by atoms with van der Waals surface area (Å²) in [5.74, 6) is 0.796. The van der Waals surface area contributed by atoms with Crippen LogP contribution in [0.4, 0.5) is 0 Å². The molecule has 0 aromatic heterocycles. The van der Waals surface area contributed by atoms with Gasteiger partial charge in [-0.2, -0.15) is 0 Å². The van der Waals surface area contributed by atoms with Gasteiger partial charge in [0.15, 0.2) is 0 Å². The topological polar surface area (TPSA) is 61.7 Å². The molecule has 1 aromatic carbocycles. The van der Waals surface area contributed by atoms with E-state index in [1.54, 1.807) is 0 Å². The molecule has 0 aliphatic heterocycles. The quantitative estimate of drug-likeness (QED) is 0.719. The van der Waals surface area contributed by atoms with Gasteiger partial charge in [0.1, 0.15) is 18.5 Å². The molecule has 3 N–H and O–H groups in total. The van der Waals surface area contributed by atoms with Crippen molar-refractivity contribution in [2.24, 2.45) is 0 Å². The monoisotopic (exact) mass is 293 g/mol. The van der Waals surface area contributed by atoms with E-state index in [2.05, 4.69) is 11.4 Å². The number of aliphatic hydroxyl groups excluding tert-OH is 2. The smallest absolute Gasteiger partial charge is 0.119 e. The van der Waals surface area contributed by atoms with Gasteiger partial charge in [0.2, 0.25) is 0 Å². The van der Waals surface area contributed by atoms with Crippen LogP contribution in [0.15, 0.2) is 18.2 Å². The van der Waals surface area contributed by atoms with E-state index in [-0.39, 0.29) is 18.8 Å². The van der Waals surface area contributed by atoms with Crippen molar-refractivity contribution in [3.8, 4) is 5.75 Å². The summed E-state index contributed by atoms with van der Waals surface area (Å²) in [6.45, 7) is 4.91. The van der Waals surface area contributed by atoms with Crippen LogP contribution in [0.3, 0.4) is 0 Å². The summed E-state index contributed by atoms with van der Waals surface area (Å²) in [7, 11) is 0. The van der Waals surface area contributed by atoms with Crippen molar-refractivity contribution in [2.45, 2.75) is 51.2 Å². The summed E-state index contributed by atoms with van der Waals surface area (Å²) < 4.78 is 5.66. The van der Waals surface area contributed by atoms with Crippen LogP contribution in [-0.4, -0.2) is 41.6 Å². The van der Waals surface area contributed by atoms with Crippen LogP contribution in [0, 0.1) is 13.8 Å². The first-order valence-corrected chi connectivity index (χ1v) is 7.78. The predicted molar refractivity (Wildman–Crippen MR) is 83.7 cm³/mol. The number of aliphatic hydroxyl groups is 2. The molecule has 1 atom stereocenters. The Morgan fingerprint density at radius 2 is 1.81 bits per heavy atom. The zero-order valence-electron chi connectivity index (χ0n) is 13.1. The van der Waals surface area contributed by atoms with Crippen molar-refractivity contribution in [3.05, 3.63) is 29.3 Å². The number of rotatable bonds is 7. The zero-order valence-corrected chi connectivity index (χ0v) is 13.1. The lowest BCUT2D eigenvalue weighted by Crippen LogP contribution is -2.49. The van der Waals surface area contributed by atoms with E-state index in [0.717, 1.165) is 42.6 Å². The second-order valence-electron chi connectivity index (χ2n) is 6.31. The second kappa shape index (κ2) is 7.25. The maximum atomic E-state index is 10.1. The lowest BCUT2D eigenvalue weighted by Gasteiger charge is -2.29. The molecule has 1 aliphatic carbocycles. The van der Waals surface area contributed by atoms with Gasteiger partial charge < -0.3 is 20.3 Å². The van der Waals surface area contributed by atoms with Crippen molar-refractivity contribution in [1.29, 1.82) is 0 Å². The molecule has 0 heterocycles. The highest BCUT2D eigenvalue weighted by atomic mass is 16.5. The normalized spacial score (nSPS) is 18.7. The maximum Gasteiger partial charge on any atom is 0.119 e. The zero-order chi connectivity index (χ0) is 15.3. The maximum absolute atomic E-state index is 10.1. The molecule has 0 bridgehead atoms. The third-order valence-electron chi connectivity index (χ3n) is 4.21. The van der Waals surface area contributed by atoms with Crippen molar-refractivity contribution in [1.82, 2.24) is 5.32 Å². The SMILES string of the molecule is Cc1cc(C)cc(OCC(O)CNC2(CO)CCCC2)c1. The van der Waals surface area contributed by atoms with Gasteiger partial charge in [0, 0.05) is 12.1 Å². The fourth-order valence-corrected chi connectivity index (χ4v) is 3.04. The second-order valence-corrected chi connectivity index (χ2v) is 6.31. The van der Waals surface area contributed by atoms with Crippen LogP contribution >= 0.6 is 0 Å². The van der Waals surface area contributed by atoms with Crippen LogP contribution in [0.25, 0.3) is 0 Å². The van der Waals surface area contributed by atoms with Gasteiger partial charge in [-0.1, -0.05) is 18.9 Å². The number of ether oxygens (including phenoxy) is 1. The van der Waals surface area contributed by atoms with Gasteiger partial charge in [-0.15, -0.1) is 0 Å². The van der Waals surface area contributed by atoms with Gasteiger partial charge in [-0.05, 0) is 49.9 Å². The molecule has 0 radical (unpaired) electrons. The van der Waals surface area contributed by atoms with Crippen molar-refractivity contribution >= 4 is 0 Å². The average Bonchev–Trinajstić information content (AvgIpc) is 2.91. The van der Waals surface area contributed by atoms with Crippen molar-refractivity contribution < 1.29 is 14.9 Å². The molecular formula is C17H27NO3. The molecule has 1 aliphatic rings. The van der Waals surface area contributed by atoms with Gasteiger partial charge in [-0.3, -0.25) is 0 Å². The van der Waals surface area contributed by atoms with Crippen LogP contribution in [-0.2, 0) is 0 Å². The molecule has 4 nitrogen and oxygen atoms in total. The minimum Gasteiger partial charge on any atom is -0.491 e. The van der Waals surface area contributed by atoms with Crippen LogP contribution < -0.4 is 10.1 Å². The third-order valence-corrected chi connectivity index (χ3v) is 4.21. The van der Waals surface area contributed by atoms with Crippen molar-refractivity contribution in [2.75, 3.05) is 19.8 Å². The van der Waals surface area contributed by atoms with E-state index < -0.39 is 6.10 Å². The summed E-state index contributed by atoms with van der Waals surface area (Å²) in [6, 6.07) is 6.04. The molecule has 0 saturated heterocycles. The first kappa shape index (κ1) is 16.3. The fraction of sp³-hybridized carbons (Fsp3) is 0.647. The minimum atomic E-state index is -0.574. The molecular weight excluding hydrogens is 266 g/mol. The van der Waals surface area contributed by atoms with Gasteiger partial charge in [-0.25, -0.2) is 0 Å². The van der Waals surface area contributed by atoms with Gasteiger partial charge in [0.25, 0.3) is 0 Å². The molecule has 0 amide bonds. The number of nitrogens with one attached hydrogen (secondary N) is 1. The van der Waals surface area contributed by atoms with Crippen molar-refractivity contribution in [3.63, 3.8) is 0 Å². The largest absolute Gasteiger partial charge is 0.491 e. The van der Waals surface area contributed by atoms with E-state index in [1.165, 1.54) is 0 Å². The predicted octanol–water partition coefficient (Wildman–Crippen LogP) is 1.94. The Kier molecular flexibility index (Phi) is 5.62. The Morgan fingerprint density at radius 3 is 2.38 bits per heavy atom. The Hall–Kier alpha value is -1.10. The van der Waals surface area contributed by atoms with Gasteiger partial charge in [0.05, 0.1) is 6.61 Å². The molecule has 118 valence electrons. The highest BCUT2D eigenvalue weighted by Gasteiger charge is 2.32. The van der Waals surface area contributed by atoms with E-state index in [1.807, 2.05) is 26.0 Å². The first-order valence-electron chi connectivity index (χ1n) is 7.78. The molecule has 1 fully saturated rings. The van der Waals surface area contributed by atoms with Crippen LogP contribution in [0.1, 0.15) is 36.8 Å². The van der Waals surface area contributed by atoms with E-state index in [9.17, 15) is 10.2 Å². The highest BCUT2D eigenvalue weighted by Crippen LogP contribution is 2.28. The Bertz CT molecular complexity index is 435. The number of hydrogen-bond acceptors (Lipinski definition) is 4. The minimum absolute atomic E-state index is 0.137. The highest BCUT2D eigenvalue weighted by molar-refractivity contribution is 5.32. The summed E-state index contributed by atoms with van der Waals surface area (Å²) in [4.78, 5) is 0. The fourth-order valence-electron chi connectivity index (χ4n) is 3.04. The molecule has 21 heavy (non-hydrogen) atoms. The van der Waals surface area contributed by atoms with E-state index >= 15 is 0 Å². The lowest BCUT2D eigenvalue weighted by molar-refractivity contribution is 0.0849. The Balaban J connectivity index is 1.78. The lowest BCUT2D eigenvalue weighted by atomic mass is 9.99. The summed E-state index contributed by atoms with van der Waals surface area (Å²) in [5.41, 5.74) is 2.12. The number of hydrogen-bond donors (Lipinski definition) is 3. The summed E-state index contributed by atoms with van der Waals surface area (Å²) in [6.07, 6.45) is 3.67. The third kappa shape index (κ3) is 4.70.